The van der Waals surface area contributed by atoms with E-state index >= 15 is 0 Å². The summed E-state index contributed by atoms with van der Waals surface area (Å²) in [4.78, 5) is 12.5. The lowest BCUT2D eigenvalue weighted by Crippen LogP contribution is -2.21. The molecule has 3 aromatic carbocycles. The molecule has 4 rings (SSSR count). The van der Waals surface area contributed by atoms with E-state index in [2.05, 4.69) is 15.6 Å². The van der Waals surface area contributed by atoms with Crippen molar-refractivity contribution < 1.29 is 35.9 Å². The van der Waals surface area contributed by atoms with Gasteiger partial charge in [-0.2, -0.15) is 13.2 Å². The predicted octanol–water partition coefficient (Wildman–Crippen LogP) is 5.53. The average Bonchev–Trinajstić information content (AvgIpc) is 3.25. The molecular weight excluding hydrogens is 478 g/mol. The monoisotopic (exact) mass is 492 g/mol. The lowest BCUT2D eigenvalue weighted by molar-refractivity contribution is -0.143. The summed E-state index contributed by atoms with van der Waals surface area (Å²) in [7, 11) is 0. The number of aromatic nitrogens is 3. The number of benzene rings is 3. The molecule has 0 saturated heterocycles. The van der Waals surface area contributed by atoms with E-state index in [9.17, 15) is 31.1 Å². The second kappa shape index (κ2) is 9.49. The van der Waals surface area contributed by atoms with Gasteiger partial charge in [-0.3, -0.25) is 4.79 Å². The molecular formula is C23H14F6N4O2. The zero-order chi connectivity index (χ0) is 25.2. The van der Waals surface area contributed by atoms with Crippen molar-refractivity contribution in [2.45, 2.75) is 12.8 Å². The lowest BCUT2D eigenvalue weighted by atomic mass is 10.2. The maximum absolute atomic E-state index is 14.4. The number of para-hydroxylation sites is 1. The van der Waals surface area contributed by atoms with Crippen molar-refractivity contribution in [1.82, 2.24) is 15.0 Å². The molecule has 0 aliphatic heterocycles. The molecule has 0 fully saturated rings. The third-order valence-electron chi connectivity index (χ3n) is 4.71. The Balaban J connectivity index is 1.55. The minimum Gasteiger partial charge on any atom is -0.486 e. The molecule has 0 aliphatic carbocycles. The summed E-state index contributed by atoms with van der Waals surface area (Å²) in [5.41, 5.74) is -3.04. The average molecular weight is 492 g/mol. The van der Waals surface area contributed by atoms with Crippen molar-refractivity contribution in [2.24, 2.45) is 0 Å². The Morgan fingerprint density at radius 3 is 2.40 bits per heavy atom. The van der Waals surface area contributed by atoms with Crippen LogP contribution in [0.1, 0.15) is 21.7 Å². The molecule has 0 spiro atoms. The third kappa shape index (κ3) is 5.26. The van der Waals surface area contributed by atoms with Crippen molar-refractivity contribution >= 4 is 11.6 Å². The fraction of sp³-hybridized carbons (Fsp3) is 0.0870. The largest absolute Gasteiger partial charge is 0.486 e. The number of hydrogen-bond acceptors (Lipinski definition) is 4. The van der Waals surface area contributed by atoms with Crippen LogP contribution in [0.4, 0.5) is 32.0 Å². The Kier molecular flexibility index (Phi) is 6.45. The summed E-state index contributed by atoms with van der Waals surface area (Å²) in [5, 5.41) is 8.67. The van der Waals surface area contributed by atoms with Crippen molar-refractivity contribution in [1.29, 1.82) is 0 Å². The van der Waals surface area contributed by atoms with Gasteiger partial charge >= 0.3 is 6.18 Å². The van der Waals surface area contributed by atoms with Crippen LogP contribution >= 0.6 is 0 Å². The number of nitrogens with zero attached hydrogens (tertiary/aromatic N) is 3. The highest BCUT2D eigenvalue weighted by atomic mass is 19.4. The number of rotatable bonds is 6. The van der Waals surface area contributed by atoms with Gasteiger partial charge in [-0.1, -0.05) is 29.5 Å². The van der Waals surface area contributed by atoms with E-state index in [1.165, 1.54) is 36.4 Å². The van der Waals surface area contributed by atoms with Crippen LogP contribution in [-0.2, 0) is 12.8 Å². The molecule has 12 heteroatoms. The van der Waals surface area contributed by atoms with E-state index in [0.717, 1.165) is 24.3 Å². The van der Waals surface area contributed by atoms with Crippen molar-refractivity contribution in [2.75, 3.05) is 5.32 Å². The fourth-order valence-electron chi connectivity index (χ4n) is 3.16. The Bertz CT molecular complexity index is 1390. The zero-order valence-electron chi connectivity index (χ0n) is 17.5. The number of hydrogen-bond donors (Lipinski definition) is 1. The quantitative estimate of drug-likeness (QED) is 0.359. The van der Waals surface area contributed by atoms with Gasteiger partial charge in [0.25, 0.3) is 5.91 Å². The lowest BCUT2D eigenvalue weighted by Gasteiger charge is -2.12. The van der Waals surface area contributed by atoms with E-state index in [0.29, 0.717) is 5.56 Å². The van der Waals surface area contributed by atoms with E-state index in [1.807, 2.05) is 0 Å². The first kappa shape index (κ1) is 23.8. The number of alkyl halides is 3. The standard InChI is InChI=1S/C23H14F6N4O2/c24-14-5-3-4-13(10-14)12-35-19-9-8-15(11-17(19)26)30-22(34)20-21(23(27,28)29)33(32-31-20)18-7-2-1-6-16(18)25/h1-11H,12H2,(H,30,34). The second-order valence-corrected chi connectivity index (χ2v) is 7.17. The topological polar surface area (TPSA) is 69.0 Å². The first-order chi connectivity index (χ1) is 16.6. The number of carbonyl (C=O) groups is 1. The summed E-state index contributed by atoms with van der Waals surface area (Å²) in [5.74, 6) is -3.99. The minimum absolute atomic E-state index is 0.144. The number of anilines is 1. The maximum Gasteiger partial charge on any atom is 0.435 e. The number of nitrogens with one attached hydrogen (secondary N) is 1. The van der Waals surface area contributed by atoms with Gasteiger partial charge in [0.2, 0.25) is 0 Å². The van der Waals surface area contributed by atoms with Crippen LogP contribution in [0.15, 0.2) is 66.7 Å². The van der Waals surface area contributed by atoms with Crippen LogP contribution in [0.5, 0.6) is 5.75 Å². The van der Waals surface area contributed by atoms with Gasteiger partial charge in [0.05, 0.1) is 0 Å². The molecule has 1 amide bonds. The number of amides is 1. The van der Waals surface area contributed by atoms with Gasteiger partial charge in [0.1, 0.15) is 23.9 Å². The fourth-order valence-corrected chi connectivity index (χ4v) is 3.16. The smallest absolute Gasteiger partial charge is 0.435 e. The van der Waals surface area contributed by atoms with Gasteiger partial charge in [0.15, 0.2) is 23.0 Å². The first-order valence-corrected chi connectivity index (χ1v) is 9.89. The highest BCUT2D eigenvalue weighted by Crippen LogP contribution is 2.33. The summed E-state index contributed by atoms with van der Waals surface area (Å²) in [6, 6.07) is 13.2. The summed E-state index contributed by atoms with van der Waals surface area (Å²) >= 11 is 0. The number of carbonyl (C=O) groups excluding carboxylic acids is 1. The van der Waals surface area contributed by atoms with Gasteiger partial charge in [-0.15, -0.1) is 5.10 Å². The molecule has 180 valence electrons. The van der Waals surface area contributed by atoms with Crippen LogP contribution in [-0.4, -0.2) is 20.9 Å². The molecule has 0 atom stereocenters. The highest BCUT2D eigenvalue weighted by Gasteiger charge is 2.42. The normalized spacial score (nSPS) is 11.4. The van der Waals surface area contributed by atoms with E-state index < -0.39 is 46.6 Å². The Labute approximate surface area is 193 Å². The SMILES string of the molecule is O=C(Nc1ccc(OCc2cccc(F)c2)c(F)c1)c1nnn(-c2ccccc2F)c1C(F)(F)F. The Hall–Kier alpha value is -4.35. The van der Waals surface area contributed by atoms with Crippen molar-refractivity contribution in [3.63, 3.8) is 0 Å². The number of ether oxygens (including phenoxy) is 1. The van der Waals surface area contributed by atoms with Crippen LogP contribution in [0.25, 0.3) is 5.69 Å². The van der Waals surface area contributed by atoms with E-state index in [4.69, 9.17) is 4.74 Å². The molecule has 1 aromatic heterocycles. The van der Waals surface area contributed by atoms with Crippen molar-refractivity contribution in [3.05, 3.63) is 101 Å². The number of halogens is 6. The Morgan fingerprint density at radius 1 is 0.943 bits per heavy atom. The van der Waals surface area contributed by atoms with E-state index in [-0.39, 0.29) is 22.7 Å². The molecule has 0 aliphatic rings. The first-order valence-electron chi connectivity index (χ1n) is 9.89. The van der Waals surface area contributed by atoms with Crippen LogP contribution in [0.2, 0.25) is 0 Å². The van der Waals surface area contributed by atoms with Gasteiger partial charge in [-0.05, 0) is 42.0 Å². The second-order valence-electron chi connectivity index (χ2n) is 7.17. The Morgan fingerprint density at radius 2 is 1.71 bits per heavy atom. The highest BCUT2D eigenvalue weighted by molar-refractivity contribution is 6.03. The minimum atomic E-state index is -5.11. The van der Waals surface area contributed by atoms with Crippen LogP contribution < -0.4 is 10.1 Å². The molecule has 0 saturated carbocycles. The van der Waals surface area contributed by atoms with Crippen LogP contribution in [0.3, 0.4) is 0 Å². The maximum atomic E-state index is 14.4. The molecule has 6 nitrogen and oxygen atoms in total. The summed E-state index contributed by atoms with van der Waals surface area (Å²) in [6.45, 7) is -0.144. The summed E-state index contributed by atoms with van der Waals surface area (Å²) in [6.07, 6.45) is -5.11. The molecule has 0 unspecified atom stereocenters. The summed E-state index contributed by atoms with van der Waals surface area (Å²) < 4.78 is 88.3. The molecule has 1 heterocycles. The van der Waals surface area contributed by atoms with Crippen molar-refractivity contribution in [3.8, 4) is 11.4 Å². The van der Waals surface area contributed by atoms with Crippen LogP contribution in [0, 0.1) is 17.5 Å². The molecule has 0 bridgehead atoms. The zero-order valence-corrected chi connectivity index (χ0v) is 17.5. The van der Waals surface area contributed by atoms with Gasteiger partial charge < -0.3 is 10.1 Å². The van der Waals surface area contributed by atoms with E-state index in [1.54, 1.807) is 6.07 Å². The van der Waals surface area contributed by atoms with Gasteiger partial charge in [-0.25, -0.2) is 17.9 Å². The predicted molar refractivity (Wildman–Crippen MR) is 111 cm³/mol. The molecule has 4 aromatic rings. The molecule has 35 heavy (non-hydrogen) atoms. The van der Waals surface area contributed by atoms with Gasteiger partial charge in [0, 0.05) is 11.8 Å². The molecule has 0 radical (unpaired) electrons. The third-order valence-corrected chi connectivity index (χ3v) is 4.71. The molecule has 1 N–H and O–H groups in total.